The molecule has 27 heavy (non-hydrogen) atoms. The van der Waals surface area contributed by atoms with Crippen LogP contribution in [0.15, 0.2) is 30.6 Å². The molecule has 7 nitrogen and oxygen atoms in total. The fraction of sp³-hybridized carbons (Fsp3) is 0.400. The average molecular weight is 370 g/mol. The predicted octanol–water partition coefficient (Wildman–Crippen LogP) is 1.98. The third-order valence-corrected chi connectivity index (χ3v) is 5.42. The number of phenolic OH excluding ortho intramolecular Hbond substituents is 2. The van der Waals surface area contributed by atoms with Crippen LogP contribution in [0.5, 0.6) is 17.2 Å². The van der Waals surface area contributed by atoms with Gasteiger partial charge >= 0.3 is 0 Å². The second kappa shape index (κ2) is 6.83. The number of aromatic nitrogens is 1. The van der Waals surface area contributed by atoms with Crippen molar-refractivity contribution < 1.29 is 24.9 Å². The number of pyridine rings is 1. The average Bonchev–Trinajstić information content (AvgIpc) is 2.63. The van der Waals surface area contributed by atoms with Gasteiger partial charge in [0, 0.05) is 36.5 Å². The molecule has 1 saturated heterocycles. The number of carbonyl (C=O) groups is 1. The quantitative estimate of drug-likeness (QED) is 0.743. The number of aromatic hydroxyl groups is 2. The number of nitrogens with zero attached hydrogens (tertiary/aromatic N) is 2. The van der Waals surface area contributed by atoms with Crippen LogP contribution in [0.25, 0.3) is 0 Å². The normalized spacial score (nSPS) is 25.7. The summed E-state index contributed by atoms with van der Waals surface area (Å²) in [7, 11) is 1.92. The van der Waals surface area contributed by atoms with E-state index >= 15 is 0 Å². The Morgan fingerprint density at radius 2 is 1.96 bits per heavy atom. The molecular weight excluding hydrogens is 348 g/mol. The molecule has 3 heterocycles. The molecule has 2 aliphatic heterocycles. The van der Waals surface area contributed by atoms with Crippen LogP contribution in [0, 0.1) is 0 Å². The number of hydrogen-bond acceptors (Lipinski definition) is 7. The lowest BCUT2D eigenvalue weighted by atomic mass is 9.83. The Bertz CT molecular complexity index is 870. The number of benzene rings is 1. The van der Waals surface area contributed by atoms with Crippen LogP contribution < -0.4 is 4.74 Å². The number of piperidine rings is 1. The Morgan fingerprint density at radius 3 is 2.67 bits per heavy atom. The molecule has 0 aliphatic carbocycles. The van der Waals surface area contributed by atoms with Crippen LogP contribution >= 0.6 is 0 Å². The summed E-state index contributed by atoms with van der Waals surface area (Å²) in [6.45, 7) is 1.21. The van der Waals surface area contributed by atoms with Gasteiger partial charge in [0.25, 0.3) is 0 Å². The smallest absolute Gasteiger partial charge is 0.174 e. The number of likely N-dealkylation sites (N-methyl/N-ethyl adjacent to an activating group) is 1. The van der Waals surface area contributed by atoms with Gasteiger partial charge in [0.15, 0.2) is 5.78 Å². The number of phenols is 2. The lowest BCUT2D eigenvalue weighted by molar-refractivity contribution is 0.0592. The van der Waals surface area contributed by atoms with Gasteiger partial charge in [-0.25, -0.2) is 0 Å². The van der Waals surface area contributed by atoms with Crippen LogP contribution in [0.1, 0.15) is 46.3 Å². The van der Waals surface area contributed by atoms with Gasteiger partial charge in [-0.05, 0) is 37.7 Å². The first kappa shape index (κ1) is 17.8. The van der Waals surface area contributed by atoms with E-state index in [-0.39, 0.29) is 40.9 Å². The number of hydrogen-bond donors (Lipinski definition) is 3. The number of ketones is 1. The van der Waals surface area contributed by atoms with Gasteiger partial charge in [-0.1, -0.05) is 0 Å². The number of rotatable bonds is 2. The maximum Gasteiger partial charge on any atom is 0.174 e. The topological polar surface area (TPSA) is 103 Å². The molecule has 1 unspecified atom stereocenters. The Hall–Kier alpha value is -2.64. The molecule has 0 saturated carbocycles. The Kier molecular flexibility index (Phi) is 4.49. The van der Waals surface area contributed by atoms with Crippen molar-refractivity contribution in [2.45, 2.75) is 31.0 Å². The number of ether oxygens (including phenoxy) is 1. The Morgan fingerprint density at radius 1 is 1.22 bits per heavy atom. The summed E-state index contributed by atoms with van der Waals surface area (Å²) in [5, 5.41) is 31.4. The van der Waals surface area contributed by atoms with Crippen molar-refractivity contribution in [3.8, 4) is 17.2 Å². The van der Waals surface area contributed by atoms with Gasteiger partial charge in [-0.3, -0.25) is 9.78 Å². The molecular formula is C20H22N2O5. The third kappa shape index (κ3) is 3.13. The second-order valence-electron chi connectivity index (χ2n) is 7.27. The molecule has 3 N–H and O–H groups in total. The second-order valence-corrected chi connectivity index (χ2v) is 7.27. The summed E-state index contributed by atoms with van der Waals surface area (Å²) in [5.41, 5.74) is 1.27. The van der Waals surface area contributed by atoms with Crippen LogP contribution in [0.2, 0.25) is 0 Å². The monoisotopic (exact) mass is 370 g/mol. The van der Waals surface area contributed by atoms with Crippen molar-refractivity contribution >= 4 is 5.78 Å². The first-order chi connectivity index (χ1) is 13.0. The van der Waals surface area contributed by atoms with E-state index in [2.05, 4.69) is 4.98 Å². The fourth-order valence-electron chi connectivity index (χ4n) is 4.04. The van der Waals surface area contributed by atoms with E-state index in [0.29, 0.717) is 18.5 Å². The van der Waals surface area contributed by atoms with E-state index in [1.54, 1.807) is 24.5 Å². The fourth-order valence-corrected chi connectivity index (χ4v) is 4.04. The predicted molar refractivity (Wildman–Crippen MR) is 97.2 cm³/mol. The lowest BCUT2D eigenvalue weighted by Crippen LogP contribution is -2.40. The summed E-state index contributed by atoms with van der Waals surface area (Å²) < 4.78 is 6.12. The van der Waals surface area contributed by atoms with Gasteiger partial charge < -0.3 is 25.0 Å². The highest BCUT2D eigenvalue weighted by molar-refractivity contribution is 6.03. The maximum atomic E-state index is 12.8. The molecule has 1 aromatic carbocycles. The van der Waals surface area contributed by atoms with Crippen molar-refractivity contribution in [3.05, 3.63) is 47.3 Å². The van der Waals surface area contributed by atoms with Crippen LogP contribution in [-0.2, 0) is 0 Å². The molecule has 0 spiro atoms. The zero-order valence-corrected chi connectivity index (χ0v) is 15.0. The highest BCUT2D eigenvalue weighted by Gasteiger charge is 2.38. The molecule has 142 valence electrons. The first-order valence-electron chi connectivity index (χ1n) is 9.01. The summed E-state index contributed by atoms with van der Waals surface area (Å²) in [4.78, 5) is 18.8. The number of likely N-dealkylation sites (tertiary alicyclic amines) is 1. The van der Waals surface area contributed by atoms with Crippen LogP contribution in [-0.4, -0.2) is 57.2 Å². The molecule has 1 fully saturated rings. The van der Waals surface area contributed by atoms with Crippen molar-refractivity contribution in [2.24, 2.45) is 0 Å². The number of Topliss-reactive ketones (excluding diaryl/α,β-unsaturated/α-hetero) is 1. The Balaban J connectivity index is 1.81. The van der Waals surface area contributed by atoms with Crippen molar-refractivity contribution in [1.82, 2.24) is 9.88 Å². The largest absolute Gasteiger partial charge is 0.507 e. The number of fused-ring (bicyclic) bond motifs is 1. The van der Waals surface area contributed by atoms with E-state index in [0.717, 1.165) is 12.1 Å². The third-order valence-electron chi connectivity index (χ3n) is 5.42. The van der Waals surface area contributed by atoms with Crippen molar-refractivity contribution in [3.63, 3.8) is 0 Å². The van der Waals surface area contributed by atoms with E-state index in [9.17, 15) is 20.1 Å². The van der Waals surface area contributed by atoms with Gasteiger partial charge in [-0.15, -0.1) is 0 Å². The van der Waals surface area contributed by atoms with Gasteiger partial charge in [-0.2, -0.15) is 0 Å². The molecule has 0 bridgehead atoms. The van der Waals surface area contributed by atoms with E-state index in [1.165, 1.54) is 6.07 Å². The summed E-state index contributed by atoms with van der Waals surface area (Å²) in [6.07, 6.45) is 2.71. The zero-order valence-electron chi connectivity index (χ0n) is 15.0. The minimum absolute atomic E-state index is 0.0826. The van der Waals surface area contributed by atoms with Gasteiger partial charge in [0.05, 0.1) is 12.5 Å². The van der Waals surface area contributed by atoms with Gasteiger partial charge in [0.1, 0.15) is 28.9 Å². The highest BCUT2D eigenvalue weighted by Crippen LogP contribution is 2.49. The number of aliphatic hydroxyl groups excluding tert-OH is 1. The van der Waals surface area contributed by atoms with Crippen molar-refractivity contribution in [1.29, 1.82) is 0 Å². The van der Waals surface area contributed by atoms with Gasteiger partial charge in [0.2, 0.25) is 0 Å². The zero-order chi connectivity index (χ0) is 19.1. The molecule has 0 radical (unpaired) electrons. The molecule has 7 heteroatoms. The number of β-amino-alcohol motifs (C(OH)–C–C–N with tert-alkyl or cyclic N) is 1. The standard InChI is InChI=1S/C20H22N2O5/c1-22-7-4-12(16(26)10-22)18-13(23)8-14(24)19-15(25)9-17(27-20(18)19)11-2-5-21-6-3-11/h2-3,5-6,8,12,16-17,23-24,26H,4,7,9-10H2,1H3/t12-,16+,17?/m1/s1. The molecule has 0 amide bonds. The lowest BCUT2D eigenvalue weighted by Gasteiger charge is -2.36. The minimum atomic E-state index is -0.705. The Labute approximate surface area is 156 Å². The summed E-state index contributed by atoms with van der Waals surface area (Å²) >= 11 is 0. The summed E-state index contributed by atoms with van der Waals surface area (Å²) in [6, 6.07) is 4.72. The molecule has 2 aliphatic rings. The first-order valence-corrected chi connectivity index (χ1v) is 9.01. The maximum absolute atomic E-state index is 12.8. The number of aliphatic hydroxyl groups is 1. The summed E-state index contributed by atoms with van der Waals surface area (Å²) in [5.74, 6) is -0.909. The van der Waals surface area contributed by atoms with Crippen LogP contribution in [0.4, 0.5) is 0 Å². The molecule has 1 aromatic heterocycles. The molecule has 3 atom stereocenters. The minimum Gasteiger partial charge on any atom is -0.507 e. The highest BCUT2D eigenvalue weighted by atomic mass is 16.5. The SMILES string of the molecule is CN1CC[C@@H](c2c(O)cc(O)c3c2OC(c2ccncc2)CC3=O)[C@@H](O)C1. The van der Waals surface area contributed by atoms with E-state index in [4.69, 9.17) is 4.74 Å². The molecule has 4 rings (SSSR count). The van der Waals surface area contributed by atoms with E-state index in [1.807, 2.05) is 11.9 Å². The van der Waals surface area contributed by atoms with E-state index < -0.39 is 12.2 Å². The molecule has 2 aromatic rings. The van der Waals surface area contributed by atoms with Crippen LogP contribution in [0.3, 0.4) is 0 Å². The van der Waals surface area contributed by atoms with Crippen molar-refractivity contribution in [2.75, 3.05) is 20.1 Å². The number of carbonyl (C=O) groups excluding carboxylic acids is 1.